The third-order valence-corrected chi connectivity index (χ3v) is 5.34. The zero-order valence-electron chi connectivity index (χ0n) is 17.1. The van der Waals surface area contributed by atoms with Crippen LogP contribution < -0.4 is 4.74 Å². The second-order valence-corrected chi connectivity index (χ2v) is 7.25. The van der Waals surface area contributed by atoms with Gasteiger partial charge in [0.05, 0.1) is 24.7 Å². The second-order valence-electron chi connectivity index (χ2n) is 6.30. The first-order valence-corrected chi connectivity index (χ1v) is 10.5. The minimum absolute atomic E-state index is 0.0722. The van der Waals surface area contributed by atoms with E-state index in [4.69, 9.17) is 9.47 Å². The Morgan fingerprint density at radius 3 is 2.80 bits per heavy atom. The smallest absolute Gasteiger partial charge is 0.269 e. The van der Waals surface area contributed by atoms with E-state index in [0.717, 1.165) is 11.1 Å². The second kappa shape index (κ2) is 10.2. The van der Waals surface area contributed by atoms with Crippen molar-refractivity contribution in [2.24, 2.45) is 0 Å². The van der Waals surface area contributed by atoms with Crippen molar-refractivity contribution in [3.63, 3.8) is 0 Å². The van der Waals surface area contributed by atoms with E-state index in [1.54, 1.807) is 23.9 Å². The van der Waals surface area contributed by atoms with E-state index in [9.17, 15) is 10.1 Å². The lowest BCUT2D eigenvalue weighted by atomic mass is 10.2. The van der Waals surface area contributed by atoms with Gasteiger partial charge in [-0.15, -0.1) is 15.3 Å². The van der Waals surface area contributed by atoms with Crippen molar-refractivity contribution in [3.05, 3.63) is 46.1 Å². The number of aryl methyl sites for hydroxylation is 1. The third-order valence-electron chi connectivity index (χ3n) is 4.30. The van der Waals surface area contributed by atoms with Crippen molar-refractivity contribution >= 4 is 17.4 Å². The van der Waals surface area contributed by atoms with E-state index in [1.807, 2.05) is 30.7 Å². The minimum atomic E-state index is -0.395. The van der Waals surface area contributed by atoms with Gasteiger partial charge in [-0.25, -0.2) is 0 Å². The fourth-order valence-corrected chi connectivity index (χ4v) is 3.76. The van der Waals surface area contributed by atoms with Gasteiger partial charge in [0.25, 0.3) is 5.69 Å². The summed E-state index contributed by atoms with van der Waals surface area (Å²) < 4.78 is 14.7. The van der Waals surface area contributed by atoms with Gasteiger partial charge in [0.2, 0.25) is 5.88 Å². The molecule has 1 aromatic carbocycles. The van der Waals surface area contributed by atoms with Crippen molar-refractivity contribution in [2.45, 2.75) is 37.8 Å². The number of thioether (sulfide) groups is 1. The van der Waals surface area contributed by atoms with Crippen LogP contribution >= 0.6 is 11.8 Å². The lowest BCUT2D eigenvalue weighted by Crippen LogP contribution is -2.08. The number of nitrogens with zero attached hydrogens (tertiary/aromatic N) is 6. The molecular formula is C19H24N6O4S. The number of non-ortho nitro benzene ring substituents is 1. The van der Waals surface area contributed by atoms with Gasteiger partial charge in [0.1, 0.15) is 5.56 Å². The minimum Gasteiger partial charge on any atom is -0.476 e. The summed E-state index contributed by atoms with van der Waals surface area (Å²) in [6.07, 6.45) is 1.90. The van der Waals surface area contributed by atoms with Crippen LogP contribution in [-0.4, -0.2) is 49.8 Å². The number of nitro benzene ring substituents is 1. The van der Waals surface area contributed by atoms with Crippen molar-refractivity contribution in [3.8, 4) is 17.3 Å². The van der Waals surface area contributed by atoms with Gasteiger partial charge in [-0.2, -0.15) is 0 Å². The van der Waals surface area contributed by atoms with Crippen LogP contribution in [0.25, 0.3) is 11.4 Å². The molecule has 3 aromatic rings. The van der Waals surface area contributed by atoms with E-state index >= 15 is 0 Å². The fourth-order valence-electron chi connectivity index (χ4n) is 2.85. The fraction of sp³-hybridized carbons (Fsp3) is 0.421. The summed E-state index contributed by atoms with van der Waals surface area (Å²) in [5.41, 5.74) is 1.68. The highest BCUT2D eigenvalue weighted by Gasteiger charge is 2.21. The van der Waals surface area contributed by atoms with Crippen LogP contribution in [0.1, 0.15) is 19.4 Å². The quantitative estimate of drug-likeness (QED) is 0.258. The summed E-state index contributed by atoms with van der Waals surface area (Å²) in [7, 11) is 1.64. The number of benzene rings is 1. The standard InChI is InChI=1S/C19H24N6O4S/c1-4-23-12-16(18(22-23)29-5-2)17-20-21-19(24(17)9-10-28-3)30-13-14-7-6-8-15(11-14)25(26)27/h6-8,11-12H,4-5,9-10,13H2,1-3H3. The number of nitro groups is 1. The highest BCUT2D eigenvalue weighted by Crippen LogP contribution is 2.31. The monoisotopic (exact) mass is 432 g/mol. The van der Waals surface area contributed by atoms with Crippen LogP contribution in [-0.2, 0) is 23.6 Å². The Hall–Kier alpha value is -2.92. The van der Waals surface area contributed by atoms with Gasteiger partial charge >= 0.3 is 0 Å². The summed E-state index contributed by atoms with van der Waals surface area (Å²) >= 11 is 1.46. The van der Waals surface area contributed by atoms with Gasteiger partial charge in [-0.1, -0.05) is 23.9 Å². The van der Waals surface area contributed by atoms with Crippen LogP contribution in [0, 0.1) is 10.1 Å². The number of ether oxygens (including phenoxy) is 2. The molecule has 160 valence electrons. The van der Waals surface area contributed by atoms with Crippen LogP contribution in [0.3, 0.4) is 0 Å². The summed E-state index contributed by atoms with van der Waals surface area (Å²) in [5.74, 6) is 1.69. The first-order valence-electron chi connectivity index (χ1n) is 9.56. The highest BCUT2D eigenvalue weighted by molar-refractivity contribution is 7.98. The molecule has 2 heterocycles. The van der Waals surface area contributed by atoms with Crippen molar-refractivity contribution in [1.29, 1.82) is 0 Å². The zero-order chi connectivity index (χ0) is 21.5. The molecule has 30 heavy (non-hydrogen) atoms. The number of methoxy groups -OCH3 is 1. The van der Waals surface area contributed by atoms with E-state index in [-0.39, 0.29) is 5.69 Å². The molecule has 0 N–H and O–H groups in total. The Bertz CT molecular complexity index is 1000. The lowest BCUT2D eigenvalue weighted by Gasteiger charge is -2.09. The van der Waals surface area contributed by atoms with Gasteiger partial charge in [-0.3, -0.25) is 19.4 Å². The molecule has 0 fully saturated rings. The van der Waals surface area contributed by atoms with E-state index in [0.29, 0.717) is 48.9 Å². The summed E-state index contributed by atoms with van der Waals surface area (Å²) in [6.45, 7) is 6.16. The van der Waals surface area contributed by atoms with Crippen LogP contribution in [0.5, 0.6) is 5.88 Å². The van der Waals surface area contributed by atoms with Crippen molar-refractivity contribution in [2.75, 3.05) is 20.3 Å². The zero-order valence-corrected chi connectivity index (χ0v) is 18.0. The number of hydrogen-bond donors (Lipinski definition) is 0. The molecule has 0 radical (unpaired) electrons. The molecule has 0 amide bonds. The summed E-state index contributed by atoms with van der Waals surface area (Å²) in [5, 5.41) is 24.9. The van der Waals surface area contributed by atoms with E-state index in [1.165, 1.54) is 17.8 Å². The molecule has 0 aliphatic carbocycles. The van der Waals surface area contributed by atoms with Crippen LogP contribution in [0.15, 0.2) is 35.6 Å². The Morgan fingerprint density at radius 2 is 2.10 bits per heavy atom. The van der Waals surface area contributed by atoms with Crippen LogP contribution in [0.2, 0.25) is 0 Å². The third kappa shape index (κ3) is 4.97. The molecule has 3 rings (SSSR count). The maximum absolute atomic E-state index is 11.0. The molecule has 0 atom stereocenters. The normalized spacial score (nSPS) is 11.0. The molecule has 0 saturated carbocycles. The summed E-state index contributed by atoms with van der Waals surface area (Å²) in [4.78, 5) is 10.6. The Labute approximate surface area is 178 Å². The molecule has 0 bridgehead atoms. The largest absolute Gasteiger partial charge is 0.476 e. The molecule has 0 unspecified atom stereocenters. The number of hydrogen-bond acceptors (Lipinski definition) is 8. The Balaban J connectivity index is 1.89. The van der Waals surface area contributed by atoms with Gasteiger partial charge in [0, 0.05) is 37.7 Å². The molecule has 11 heteroatoms. The first kappa shape index (κ1) is 21.8. The molecule has 10 nitrogen and oxygen atoms in total. The molecule has 0 saturated heterocycles. The number of rotatable bonds is 11. The first-order chi connectivity index (χ1) is 14.6. The molecule has 0 spiro atoms. The Morgan fingerprint density at radius 1 is 1.27 bits per heavy atom. The lowest BCUT2D eigenvalue weighted by molar-refractivity contribution is -0.384. The van der Waals surface area contributed by atoms with E-state index in [2.05, 4.69) is 15.3 Å². The molecular weight excluding hydrogens is 408 g/mol. The van der Waals surface area contributed by atoms with Gasteiger partial charge in [0.15, 0.2) is 11.0 Å². The molecule has 0 aliphatic heterocycles. The molecule has 0 aliphatic rings. The van der Waals surface area contributed by atoms with Gasteiger partial charge < -0.3 is 9.47 Å². The SMILES string of the molecule is CCOc1nn(CC)cc1-c1nnc(SCc2cccc([N+](=O)[O-])c2)n1CCOC. The van der Waals surface area contributed by atoms with Crippen LogP contribution in [0.4, 0.5) is 5.69 Å². The summed E-state index contributed by atoms with van der Waals surface area (Å²) in [6, 6.07) is 6.59. The van der Waals surface area contributed by atoms with Crippen molar-refractivity contribution < 1.29 is 14.4 Å². The van der Waals surface area contributed by atoms with E-state index < -0.39 is 4.92 Å². The number of aromatic nitrogens is 5. The van der Waals surface area contributed by atoms with Crippen molar-refractivity contribution in [1.82, 2.24) is 24.5 Å². The Kier molecular flexibility index (Phi) is 7.41. The maximum atomic E-state index is 11.0. The van der Waals surface area contributed by atoms with Gasteiger partial charge in [-0.05, 0) is 19.4 Å². The topological polar surface area (TPSA) is 110 Å². The predicted octanol–water partition coefficient (Wildman–Crippen LogP) is 3.41. The molecule has 2 aromatic heterocycles. The average Bonchev–Trinajstić information content (AvgIpc) is 3.34. The average molecular weight is 433 g/mol. The predicted molar refractivity (Wildman–Crippen MR) is 113 cm³/mol. The maximum Gasteiger partial charge on any atom is 0.269 e. The highest BCUT2D eigenvalue weighted by atomic mass is 32.2.